The smallest absolute Gasteiger partial charge is 0.242 e. The average Bonchev–Trinajstić information content (AvgIpc) is 2.38. The summed E-state index contributed by atoms with van der Waals surface area (Å²) in [4.78, 5) is 24.6. The molecule has 1 amide bonds. The van der Waals surface area contributed by atoms with Gasteiger partial charge in [0.1, 0.15) is 11.6 Å². The quantitative estimate of drug-likeness (QED) is 0.829. The van der Waals surface area contributed by atoms with E-state index in [0.717, 1.165) is 43.5 Å². The summed E-state index contributed by atoms with van der Waals surface area (Å²) < 4.78 is 0. The highest BCUT2D eigenvalue weighted by molar-refractivity contribution is 5.81. The molecular weight excluding hydrogens is 242 g/mol. The van der Waals surface area contributed by atoms with Crippen LogP contribution in [-0.2, 0) is 4.79 Å². The number of hydrogen-bond acceptors (Lipinski definition) is 5. The van der Waals surface area contributed by atoms with Crippen molar-refractivity contribution in [1.29, 1.82) is 0 Å². The third kappa shape index (κ3) is 3.64. The zero-order chi connectivity index (χ0) is 13.8. The molecule has 0 aromatic carbocycles. The fraction of sp³-hybridized carbons (Fsp3) is 0.615. The Balaban J connectivity index is 1.99. The second kappa shape index (κ2) is 5.97. The summed E-state index contributed by atoms with van der Waals surface area (Å²) in [6.07, 6.45) is 0. The van der Waals surface area contributed by atoms with Gasteiger partial charge in [-0.05, 0) is 13.8 Å². The van der Waals surface area contributed by atoms with Crippen molar-refractivity contribution in [3.05, 3.63) is 17.6 Å². The molecule has 2 rings (SSSR count). The summed E-state index contributed by atoms with van der Waals surface area (Å²) in [5, 5.41) is 3.24. The number of anilines is 1. The molecule has 6 nitrogen and oxygen atoms in total. The number of piperazine rings is 1. The maximum absolute atomic E-state index is 12.2. The maximum Gasteiger partial charge on any atom is 0.242 e. The van der Waals surface area contributed by atoms with E-state index in [-0.39, 0.29) is 5.91 Å². The molecule has 1 saturated heterocycles. The lowest BCUT2D eigenvalue weighted by atomic mass is 10.3. The van der Waals surface area contributed by atoms with E-state index in [1.54, 1.807) is 0 Å². The molecule has 0 unspecified atom stereocenters. The standard InChI is InChI=1S/C13H21N5O/c1-10-8-12(16-11(2)15-10)17(3)9-13(19)18-6-4-14-5-7-18/h8,14H,4-7,9H2,1-3H3. The Morgan fingerprint density at radius 1 is 1.37 bits per heavy atom. The molecule has 1 N–H and O–H groups in total. The van der Waals surface area contributed by atoms with E-state index < -0.39 is 0 Å². The number of aryl methyl sites for hydroxylation is 2. The van der Waals surface area contributed by atoms with Crippen LogP contribution in [0.25, 0.3) is 0 Å². The first kappa shape index (κ1) is 13.7. The number of amides is 1. The van der Waals surface area contributed by atoms with Gasteiger partial charge in [0.15, 0.2) is 0 Å². The van der Waals surface area contributed by atoms with Gasteiger partial charge in [-0.2, -0.15) is 0 Å². The monoisotopic (exact) mass is 263 g/mol. The highest BCUT2D eigenvalue weighted by Crippen LogP contribution is 2.10. The topological polar surface area (TPSA) is 61.4 Å². The molecule has 104 valence electrons. The van der Waals surface area contributed by atoms with Gasteiger partial charge in [-0.3, -0.25) is 4.79 Å². The molecule has 1 aromatic rings. The first-order chi connectivity index (χ1) is 9.06. The minimum Gasteiger partial charge on any atom is -0.350 e. The second-order valence-electron chi connectivity index (χ2n) is 4.90. The minimum absolute atomic E-state index is 0.151. The van der Waals surface area contributed by atoms with Crippen LogP contribution < -0.4 is 10.2 Å². The number of nitrogens with one attached hydrogen (secondary N) is 1. The lowest BCUT2D eigenvalue weighted by Crippen LogP contribution is -2.49. The molecule has 0 atom stereocenters. The largest absolute Gasteiger partial charge is 0.350 e. The number of carbonyl (C=O) groups is 1. The molecule has 0 aliphatic carbocycles. The van der Waals surface area contributed by atoms with Gasteiger partial charge < -0.3 is 15.1 Å². The van der Waals surface area contributed by atoms with Crippen LogP contribution >= 0.6 is 0 Å². The number of carbonyl (C=O) groups excluding carboxylic acids is 1. The van der Waals surface area contributed by atoms with Gasteiger partial charge in [-0.1, -0.05) is 0 Å². The van der Waals surface area contributed by atoms with E-state index in [2.05, 4.69) is 15.3 Å². The molecule has 1 aromatic heterocycles. The first-order valence-electron chi connectivity index (χ1n) is 6.58. The minimum atomic E-state index is 0.151. The van der Waals surface area contributed by atoms with E-state index in [1.165, 1.54) is 0 Å². The maximum atomic E-state index is 12.2. The number of hydrogen-bond donors (Lipinski definition) is 1. The first-order valence-corrected chi connectivity index (χ1v) is 6.58. The third-order valence-corrected chi connectivity index (χ3v) is 3.19. The van der Waals surface area contributed by atoms with E-state index >= 15 is 0 Å². The Kier molecular flexibility index (Phi) is 4.31. The van der Waals surface area contributed by atoms with Crippen molar-refractivity contribution in [3.63, 3.8) is 0 Å². The highest BCUT2D eigenvalue weighted by Gasteiger charge is 2.18. The molecule has 1 aliphatic rings. The Morgan fingerprint density at radius 3 is 2.68 bits per heavy atom. The van der Waals surface area contributed by atoms with Crippen LogP contribution in [-0.4, -0.2) is 60.5 Å². The number of rotatable bonds is 3. The van der Waals surface area contributed by atoms with Gasteiger partial charge in [-0.15, -0.1) is 0 Å². The van der Waals surface area contributed by atoms with Crippen LogP contribution in [0.15, 0.2) is 6.07 Å². The van der Waals surface area contributed by atoms with Crippen molar-refractivity contribution in [2.24, 2.45) is 0 Å². The average molecular weight is 263 g/mol. The van der Waals surface area contributed by atoms with Gasteiger partial charge in [-0.25, -0.2) is 9.97 Å². The van der Waals surface area contributed by atoms with Crippen molar-refractivity contribution >= 4 is 11.7 Å². The van der Waals surface area contributed by atoms with Crippen molar-refractivity contribution in [2.75, 3.05) is 44.7 Å². The van der Waals surface area contributed by atoms with Gasteiger partial charge in [0.05, 0.1) is 6.54 Å². The van der Waals surface area contributed by atoms with Crippen LogP contribution in [0, 0.1) is 13.8 Å². The Morgan fingerprint density at radius 2 is 2.05 bits per heavy atom. The number of likely N-dealkylation sites (N-methyl/N-ethyl adjacent to an activating group) is 1. The van der Waals surface area contributed by atoms with E-state index in [1.807, 2.05) is 36.8 Å². The molecular formula is C13H21N5O. The zero-order valence-corrected chi connectivity index (χ0v) is 11.8. The lowest BCUT2D eigenvalue weighted by molar-refractivity contribution is -0.130. The molecule has 0 saturated carbocycles. The van der Waals surface area contributed by atoms with Crippen molar-refractivity contribution < 1.29 is 4.79 Å². The number of nitrogens with zero attached hydrogens (tertiary/aromatic N) is 4. The van der Waals surface area contributed by atoms with E-state index in [0.29, 0.717) is 6.54 Å². The van der Waals surface area contributed by atoms with Crippen LogP contribution in [0.5, 0.6) is 0 Å². The van der Waals surface area contributed by atoms with Gasteiger partial charge in [0, 0.05) is 45.0 Å². The van der Waals surface area contributed by atoms with Crippen molar-refractivity contribution in [1.82, 2.24) is 20.2 Å². The van der Waals surface area contributed by atoms with Gasteiger partial charge >= 0.3 is 0 Å². The Bertz CT molecular complexity index is 436. The zero-order valence-electron chi connectivity index (χ0n) is 11.8. The predicted octanol–water partition coefficient (Wildman–Crippen LogP) is -0.0386. The van der Waals surface area contributed by atoms with Crippen LogP contribution in [0.1, 0.15) is 11.5 Å². The van der Waals surface area contributed by atoms with Gasteiger partial charge in [0.25, 0.3) is 0 Å². The summed E-state index contributed by atoms with van der Waals surface area (Å²) in [6.45, 7) is 7.48. The molecule has 0 radical (unpaired) electrons. The molecule has 6 heteroatoms. The summed E-state index contributed by atoms with van der Waals surface area (Å²) in [6, 6.07) is 1.90. The molecule has 1 fully saturated rings. The van der Waals surface area contributed by atoms with Crippen molar-refractivity contribution in [2.45, 2.75) is 13.8 Å². The van der Waals surface area contributed by atoms with E-state index in [4.69, 9.17) is 0 Å². The molecule has 1 aliphatic heterocycles. The fourth-order valence-electron chi connectivity index (χ4n) is 2.19. The second-order valence-corrected chi connectivity index (χ2v) is 4.90. The molecule has 2 heterocycles. The SMILES string of the molecule is Cc1cc(N(C)CC(=O)N2CCNCC2)nc(C)n1. The molecule has 19 heavy (non-hydrogen) atoms. The van der Waals surface area contributed by atoms with Crippen LogP contribution in [0.3, 0.4) is 0 Å². The van der Waals surface area contributed by atoms with Crippen LogP contribution in [0.2, 0.25) is 0 Å². The van der Waals surface area contributed by atoms with Gasteiger partial charge in [0.2, 0.25) is 5.91 Å². The highest BCUT2D eigenvalue weighted by atomic mass is 16.2. The Hall–Kier alpha value is -1.69. The third-order valence-electron chi connectivity index (χ3n) is 3.19. The number of aromatic nitrogens is 2. The Labute approximate surface area is 113 Å². The molecule has 0 spiro atoms. The van der Waals surface area contributed by atoms with Crippen LogP contribution in [0.4, 0.5) is 5.82 Å². The summed E-state index contributed by atoms with van der Waals surface area (Å²) in [5.41, 5.74) is 0.920. The fourth-order valence-corrected chi connectivity index (χ4v) is 2.19. The summed E-state index contributed by atoms with van der Waals surface area (Å²) >= 11 is 0. The predicted molar refractivity (Wildman–Crippen MR) is 74.2 cm³/mol. The summed E-state index contributed by atoms with van der Waals surface area (Å²) in [5.74, 6) is 1.68. The summed E-state index contributed by atoms with van der Waals surface area (Å²) in [7, 11) is 1.89. The molecule has 0 bridgehead atoms. The normalized spacial score (nSPS) is 15.4. The van der Waals surface area contributed by atoms with E-state index in [9.17, 15) is 4.79 Å². The lowest BCUT2D eigenvalue weighted by Gasteiger charge is -2.29. The van der Waals surface area contributed by atoms with Crippen molar-refractivity contribution in [3.8, 4) is 0 Å².